The minimum absolute atomic E-state index is 0.0257. The highest BCUT2D eigenvalue weighted by Gasteiger charge is 2.29. The number of aromatic nitrogens is 2. The number of ether oxygens (including phenoxy) is 1. The Bertz CT molecular complexity index is 1220. The van der Waals surface area contributed by atoms with Gasteiger partial charge in [0.05, 0.1) is 0 Å². The number of carbonyl (C=O) groups is 2. The molecule has 2 saturated heterocycles. The number of hydrogen-bond acceptors (Lipinski definition) is 5. The summed E-state index contributed by atoms with van der Waals surface area (Å²) in [6, 6.07) is 13.3. The van der Waals surface area contributed by atoms with E-state index in [0.717, 1.165) is 31.4 Å². The van der Waals surface area contributed by atoms with Gasteiger partial charge in [0.1, 0.15) is 17.3 Å². The average Bonchev–Trinajstić information content (AvgIpc) is 3.29. The number of hydrogen-bond donors (Lipinski definition) is 0. The summed E-state index contributed by atoms with van der Waals surface area (Å²) in [6.07, 6.45) is 6.37. The van der Waals surface area contributed by atoms with Gasteiger partial charge in [0.25, 0.3) is 5.91 Å². The van der Waals surface area contributed by atoms with Crippen molar-refractivity contribution in [3.63, 3.8) is 0 Å². The lowest BCUT2D eigenvalue weighted by Crippen LogP contribution is -2.39. The van der Waals surface area contributed by atoms with Crippen LogP contribution in [0.2, 0.25) is 0 Å². The zero-order valence-electron chi connectivity index (χ0n) is 19.4. The number of nitrogens with zero attached hydrogens (tertiary/aromatic N) is 4. The van der Waals surface area contributed by atoms with Crippen LogP contribution >= 0.6 is 0 Å². The van der Waals surface area contributed by atoms with E-state index in [9.17, 15) is 14.0 Å². The Morgan fingerprint density at radius 1 is 1.06 bits per heavy atom. The maximum absolute atomic E-state index is 13.4. The Labute approximate surface area is 203 Å². The van der Waals surface area contributed by atoms with Gasteiger partial charge in [0.2, 0.25) is 11.8 Å². The highest BCUT2D eigenvalue weighted by molar-refractivity contribution is 5.94. The first-order valence-corrected chi connectivity index (χ1v) is 12.0. The summed E-state index contributed by atoms with van der Waals surface area (Å²) in [5, 5.41) is 0. The molecule has 2 fully saturated rings. The standard InChI is InChI=1S/C27H27FN4O3/c28-22-8-10-23(11-9-22)35-26-25(29-12-13-30-26)21-6-2-15-32(18-21)27(34)20-5-1-4-19(16-20)17-31-14-3-7-24(31)33/h1,4-5,8-13,16,21H,2-3,6-7,14-15,17-18H2/t21-/m0/s1. The van der Waals surface area contributed by atoms with Gasteiger partial charge in [0.15, 0.2) is 0 Å². The number of likely N-dealkylation sites (tertiary alicyclic amines) is 2. The number of carbonyl (C=O) groups excluding carboxylic acids is 2. The van der Waals surface area contributed by atoms with Crippen LogP contribution in [0, 0.1) is 5.82 Å². The van der Waals surface area contributed by atoms with E-state index in [1.54, 1.807) is 24.5 Å². The molecule has 7 nitrogen and oxygen atoms in total. The van der Waals surface area contributed by atoms with Crippen LogP contribution in [0.15, 0.2) is 60.9 Å². The van der Waals surface area contributed by atoms with Crippen molar-refractivity contribution in [1.29, 1.82) is 0 Å². The van der Waals surface area contributed by atoms with E-state index in [2.05, 4.69) is 9.97 Å². The highest BCUT2D eigenvalue weighted by Crippen LogP contribution is 2.33. The summed E-state index contributed by atoms with van der Waals surface area (Å²) >= 11 is 0. The van der Waals surface area contributed by atoms with E-state index < -0.39 is 0 Å². The maximum atomic E-state index is 13.4. The first-order chi connectivity index (χ1) is 17.1. The van der Waals surface area contributed by atoms with Crippen molar-refractivity contribution in [2.24, 2.45) is 0 Å². The van der Waals surface area contributed by atoms with Crippen LogP contribution in [-0.4, -0.2) is 51.2 Å². The van der Waals surface area contributed by atoms with Crippen LogP contribution in [0.25, 0.3) is 0 Å². The zero-order chi connectivity index (χ0) is 24.2. The molecule has 0 bridgehead atoms. The molecule has 1 atom stereocenters. The van der Waals surface area contributed by atoms with Gasteiger partial charge in [-0.1, -0.05) is 12.1 Å². The average molecular weight is 475 g/mol. The minimum Gasteiger partial charge on any atom is -0.437 e. The van der Waals surface area contributed by atoms with Crippen LogP contribution < -0.4 is 4.74 Å². The first kappa shape index (κ1) is 23.0. The predicted molar refractivity (Wildman–Crippen MR) is 127 cm³/mol. The van der Waals surface area contributed by atoms with Crippen molar-refractivity contribution < 1.29 is 18.7 Å². The van der Waals surface area contributed by atoms with Gasteiger partial charge in [0, 0.05) is 56.5 Å². The van der Waals surface area contributed by atoms with Crippen molar-refractivity contribution in [2.45, 2.75) is 38.1 Å². The fourth-order valence-electron chi connectivity index (χ4n) is 4.77. The van der Waals surface area contributed by atoms with Gasteiger partial charge < -0.3 is 14.5 Å². The van der Waals surface area contributed by atoms with Gasteiger partial charge in [-0.3, -0.25) is 14.6 Å². The van der Waals surface area contributed by atoms with Crippen LogP contribution in [-0.2, 0) is 11.3 Å². The van der Waals surface area contributed by atoms with Gasteiger partial charge in [-0.05, 0) is 61.2 Å². The molecule has 35 heavy (non-hydrogen) atoms. The monoisotopic (exact) mass is 474 g/mol. The molecule has 2 aliphatic rings. The van der Waals surface area contributed by atoms with Crippen molar-refractivity contribution in [3.8, 4) is 11.6 Å². The number of rotatable bonds is 6. The number of benzene rings is 2. The second kappa shape index (κ2) is 10.2. The largest absolute Gasteiger partial charge is 0.437 e. The summed E-state index contributed by atoms with van der Waals surface area (Å²) in [4.78, 5) is 37.9. The van der Waals surface area contributed by atoms with Crippen molar-refractivity contribution >= 4 is 11.8 Å². The van der Waals surface area contributed by atoms with Gasteiger partial charge in [-0.25, -0.2) is 9.37 Å². The second-order valence-electron chi connectivity index (χ2n) is 9.01. The van der Waals surface area contributed by atoms with E-state index in [4.69, 9.17) is 4.74 Å². The molecule has 3 aromatic rings. The third-order valence-corrected chi connectivity index (χ3v) is 6.53. The molecular formula is C27H27FN4O3. The molecule has 0 aliphatic carbocycles. The van der Waals surface area contributed by atoms with E-state index in [0.29, 0.717) is 48.9 Å². The van der Waals surface area contributed by atoms with Crippen LogP contribution in [0.4, 0.5) is 4.39 Å². The minimum atomic E-state index is -0.339. The molecule has 180 valence electrons. The topological polar surface area (TPSA) is 75.6 Å². The Kier molecular flexibility index (Phi) is 6.70. The summed E-state index contributed by atoms with van der Waals surface area (Å²) in [6.45, 7) is 2.47. The molecule has 0 radical (unpaired) electrons. The zero-order valence-corrected chi connectivity index (χ0v) is 19.4. The van der Waals surface area contributed by atoms with Gasteiger partial charge in [-0.2, -0.15) is 0 Å². The third kappa shape index (κ3) is 5.31. The lowest BCUT2D eigenvalue weighted by molar-refractivity contribution is -0.128. The molecule has 0 unspecified atom stereocenters. The molecule has 3 heterocycles. The van der Waals surface area contributed by atoms with Gasteiger partial charge >= 0.3 is 0 Å². The number of amides is 2. The van der Waals surface area contributed by atoms with Crippen molar-refractivity contribution in [2.75, 3.05) is 19.6 Å². The van der Waals surface area contributed by atoms with Crippen LogP contribution in [0.5, 0.6) is 11.6 Å². The Balaban J connectivity index is 1.30. The fourth-order valence-corrected chi connectivity index (χ4v) is 4.77. The first-order valence-electron chi connectivity index (χ1n) is 12.0. The van der Waals surface area contributed by atoms with E-state index >= 15 is 0 Å². The summed E-state index contributed by atoms with van der Waals surface area (Å²) in [7, 11) is 0. The lowest BCUT2D eigenvalue weighted by atomic mass is 9.94. The Morgan fingerprint density at radius 2 is 1.89 bits per heavy atom. The summed E-state index contributed by atoms with van der Waals surface area (Å²) < 4.78 is 19.2. The Hall–Kier alpha value is -3.81. The molecular weight excluding hydrogens is 447 g/mol. The van der Waals surface area contributed by atoms with Gasteiger partial charge in [-0.15, -0.1) is 0 Å². The molecule has 1 aromatic heterocycles. The normalized spacial score (nSPS) is 18.1. The molecule has 2 aliphatic heterocycles. The molecule has 2 amide bonds. The molecule has 0 N–H and O–H groups in total. The summed E-state index contributed by atoms with van der Waals surface area (Å²) in [5.41, 5.74) is 2.27. The smallest absolute Gasteiger partial charge is 0.253 e. The predicted octanol–water partition coefficient (Wildman–Crippen LogP) is 4.55. The molecule has 5 rings (SSSR count). The molecule has 8 heteroatoms. The molecule has 0 saturated carbocycles. The molecule has 0 spiro atoms. The third-order valence-electron chi connectivity index (χ3n) is 6.53. The maximum Gasteiger partial charge on any atom is 0.253 e. The van der Waals surface area contributed by atoms with Crippen molar-refractivity contribution in [1.82, 2.24) is 19.8 Å². The van der Waals surface area contributed by atoms with E-state index in [1.807, 2.05) is 34.1 Å². The SMILES string of the molecule is O=C1CCCN1Cc1cccc(C(=O)N2CCC[C@H](c3nccnc3Oc3ccc(F)cc3)C2)c1. The lowest BCUT2D eigenvalue weighted by Gasteiger charge is -2.33. The van der Waals surface area contributed by atoms with Crippen LogP contribution in [0.1, 0.15) is 53.2 Å². The van der Waals surface area contributed by atoms with Crippen LogP contribution in [0.3, 0.4) is 0 Å². The number of halogens is 1. The van der Waals surface area contributed by atoms with Crippen molar-refractivity contribution in [3.05, 3.63) is 83.6 Å². The Morgan fingerprint density at radius 3 is 2.69 bits per heavy atom. The quantitative estimate of drug-likeness (QED) is 0.524. The highest BCUT2D eigenvalue weighted by atomic mass is 19.1. The second-order valence-corrected chi connectivity index (χ2v) is 9.01. The van der Waals surface area contributed by atoms with E-state index in [-0.39, 0.29) is 23.5 Å². The molecule has 2 aromatic carbocycles. The van der Waals surface area contributed by atoms with E-state index in [1.165, 1.54) is 12.1 Å². The summed E-state index contributed by atoms with van der Waals surface area (Å²) in [5.74, 6) is 0.620. The fraction of sp³-hybridized carbons (Fsp3) is 0.333. The number of piperidine rings is 1.